The number of H-pyrrole nitrogens is 1. The number of hydrogen-bond donors (Lipinski definition) is 2. The van der Waals surface area contributed by atoms with E-state index in [1.165, 1.54) is 0 Å². The molecule has 0 saturated carbocycles. The molecule has 1 aromatic heterocycles. The monoisotopic (exact) mass is 125 g/mol. The number of aromatic nitrogens is 2. The van der Waals surface area contributed by atoms with Crippen LogP contribution in [0.4, 0.5) is 0 Å². The van der Waals surface area contributed by atoms with Crippen molar-refractivity contribution in [1.29, 1.82) is 0 Å². The Morgan fingerprint density at radius 1 is 1.89 bits per heavy atom. The molecule has 0 radical (unpaired) electrons. The van der Waals surface area contributed by atoms with Crippen molar-refractivity contribution in [3.8, 4) is 0 Å². The van der Waals surface area contributed by atoms with Crippen LogP contribution in [0.2, 0.25) is 0 Å². The fraction of sp³-hybridized carbons (Fsp3) is 0.200. The third-order valence-corrected chi connectivity index (χ3v) is 1.08. The average molecular weight is 125 g/mol. The molecule has 0 aliphatic carbocycles. The summed E-state index contributed by atoms with van der Waals surface area (Å²) in [4.78, 5) is 10.1. The van der Waals surface area contributed by atoms with E-state index in [0.717, 1.165) is 5.56 Å². The van der Waals surface area contributed by atoms with Crippen LogP contribution in [0.3, 0.4) is 0 Å². The topological polar surface area (TPSA) is 71.8 Å². The third-order valence-electron chi connectivity index (χ3n) is 1.08. The zero-order chi connectivity index (χ0) is 6.69. The molecule has 0 bridgehead atoms. The van der Waals surface area contributed by atoms with E-state index < -0.39 is 0 Å². The van der Waals surface area contributed by atoms with Gasteiger partial charge in [0.25, 0.3) is 0 Å². The summed E-state index contributed by atoms with van der Waals surface area (Å²) in [6.45, 7) is 0.352. The number of rotatable bonds is 2. The first-order chi connectivity index (χ1) is 4.38. The highest BCUT2D eigenvalue weighted by molar-refractivity contribution is 5.73. The Morgan fingerprint density at radius 2 is 2.67 bits per heavy atom. The second-order valence-electron chi connectivity index (χ2n) is 1.62. The van der Waals surface area contributed by atoms with E-state index in [1.54, 1.807) is 6.20 Å². The first kappa shape index (κ1) is 5.97. The molecule has 3 N–H and O–H groups in total. The Morgan fingerprint density at radius 3 is 3.11 bits per heavy atom. The quantitative estimate of drug-likeness (QED) is 0.532. The van der Waals surface area contributed by atoms with Gasteiger partial charge in [0.15, 0.2) is 6.29 Å². The van der Waals surface area contributed by atoms with Crippen molar-refractivity contribution in [3.63, 3.8) is 0 Å². The second kappa shape index (κ2) is 2.41. The lowest BCUT2D eigenvalue weighted by atomic mass is 10.3. The van der Waals surface area contributed by atoms with Crippen molar-refractivity contribution in [2.24, 2.45) is 5.73 Å². The zero-order valence-corrected chi connectivity index (χ0v) is 4.79. The van der Waals surface area contributed by atoms with Gasteiger partial charge in [-0.3, -0.25) is 9.89 Å². The van der Waals surface area contributed by atoms with Gasteiger partial charge in [0, 0.05) is 18.3 Å². The van der Waals surface area contributed by atoms with E-state index in [-0.39, 0.29) is 0 Å². The molecule has 0 atom stereocenters. The Hall–Kier alpha value is -1.16. The molecule has 1 heterocycles. The molecule has 0 aliphatic rings. The predicted molar refractivity (Wildman–Crippen MR) is 31.9 cm³/mol. The van der Waals surface area contributed by atoms with Gasteiger partial charge in [0.05, 0.1) is 0 Å². The van der Waals surface area contributed by atoms with Crippen LogP contribution in [0.15, 0.2) is 6.20 Å². The summed E-state index contributed by atoms with van der Waals surface area (Å²) in [5.74, 6) is 0. The smallest absolute Gasteiger partial charge is 0.170 e. The molecule has 48 valence electrons. The van der Waals surface area contributed by atoms with Crippen LogP contribution in [-0.2, 0) is 6.54 Å². The normalized spacial score (nSPS) is 9.44. The van der Waals surface area contributed by atoms with Gasteiger partial charge in [-0.25, -0.2) is 0 Å². The van der Waals surface area contributed by atoms with E-state index in [0.29, 0.717) is 18.5 Å². The first-order valence-corrected chi connectivity index (χ1v) is 2.56. The van der Waals surface area contributed by atoms with Crippen molar-refractivity contribution in [2.75, 3.05) is 0 Å². The Bertz CT molecular complexity index is 206. The molecular weight excluding hydrogens is 118 g/mol. The van der Waals surface area contributed by atoms with Crippen LogP contribution in [-0.4, -0.2) is 16.5 Å². The summed E-state index contributed by atoms with van der Waals surface area (Å²) in [7, 11) is 0. The molecule has 0 aromatic carbocycles. The van der Waals surface area contributed by atoms with Crippen molar-refractivity contribution >= 4 is 6.29 Å². The lowest BCUT2D eigenvalue weighted by Gasteiger charge is -1.84. The predicted octanol–water partition coefficient (Wildman–Crippen LogP) is -0.319. The highest BCUT2D eigenvalue weighted by atomic mass is 16.1. The number of carbonyl (C=O) groups is 1. The van der Waals surface area contributed by atoms with Crippen LogP contribution in [0.1, 0.15) is 16.1 Å². The van der Waals surface area contributed by atoms with Crippen molar-refractivity contribution < 1.29 is 4.79 Å². The van der Waals surface area contributed by atoms with Gasteiger partial charge >= 0.3 is 0 Å². The Labute approximate surface area is 52.1 Å². The molecule has 1 rings (SSSR count). The van der Waals surface area contributed by atoms with Crippen molar-refractivity contribution in [2.45, 2.75) is 6.54 Å². The number of carbonyl (C=O) groups excluding carboxylic acids is 1. The number of nitrogens with zero attached hydrogens (tertiary/aromatic N) is 1. The van der Waals surface area contributed by atoms with E-state index >= 15 is 0 Å². The van der Waals surface area contributed by atoms with Gasteiger partial charge in [-0.15, -0.1) is 0 Å². The molecule has 9 heavy (non-hydrogen) atoms. The summed E-state index contributed by atoms with van der Waals surface area (Å²) >= 11 is 0. The van der Waals surface area contributed by atoms with Crippen LogP contribution in [0, 0.1) is 0 Å². The van der Waals surface area contributed by atoms with Gasteiger partial charge in [-0.2, -0.15) is 5.10 Å². The fourth-order valence-electron chi connectivity index (χ4n) is 0.591. The number of nitrogens with two attached hydrogens (primary N) is 1. The lowest BCUT2D eigenvalue weighted by molar-refractivity contribution is 0.111. The highest BCUT2D eigenvalue weighted by Crippen LogP contribution is 1.97. The maximum absolute atomic E-state index is 10.1. The van der Waals surface area contributed by atoms with Gasteiger partial charge in [-0.1, -0.05) is 0 Å². The van der Waals surface area contributed by atoms with E-state index in [4.69, 9.17) is 5.73 Å². The molecule has 4 nitrogen and oxygen atoms in total. The molecular formula is C5H7N3O. The highest BCUT2D eigenvalue weighted by Gasteiger charge is 1.99. The van der Waals surface area contributed by atoms with Gasteiger partial charge in [0.1, 0.15) is 5.69 Å². The van der Waals surface area contributed by atoms with Crippen LogP contribution < -0.4 is 5.73 Å². The molecule has 0 spiro atoms. The standard InChI is InChI=1S/C5H7N3O/c6-1-4-2-7-8-5(4)3-9/h2-3H,1,6H2,(H,7,8). The maximum atomic E-state index is 10.1. The Balaban J connectivity index is 2.98. The molecule has 0 fully saturated rings. The number of aromatic amines is 1. The second-order valence-corrected chi connectivity index (χ2v) is 1.62. The van der Waals surface area contributed by atoms with Gasteiger partial charge in [-0.05, 0) is 0 Å². The van der Waals surface area contributed by atoms with Crippen LogP contribution in [0.25, 0.3) is 0 Å². The van der Waals surface area contributed by atoms with E-state index in [2.05, 4.69) is 10.2 Å². The summed E-state index contributed by atoms with van der Waals surface area (Å²) < 4.78 is 0. The SMILES string of the molecule is NCc1c[nH]nc1C=O. The molecule has 0 unspecified atom stereocenters. The number of nitrogens with one attached hydrogen (secondary N) is 1. The molecule has 0 amide bonds. The minimum absolute atomic E-state index is 0.352. The van der Waals surface area contributed by atoms with Crippen LogP contribution >= 0.6 is 0 Å². The Kier molecular flexibility index (Phi) is 1.60. The minimum atomic E-state index is 0.352. The van der Waals surface area contributed by atoms with Crippen LogP contribution in [0.5, 0.6) is 0 Å². The average Bonchev–Trinajstić information content (AvgIpc) is 2.33. The van der Waals surface area contributed by atoms with Crippen molar-refractivity contribution in [1.82, 2.24) is 10.2 Å². The fourth-order valence-corrected chi connectivity index (χ4v) is 0.591. The number of aldehydes is 1. The molecule has 0 saturated heterocycles. The maximum Gasteiger partial charge on any atom is 0.170 e. The summed E-state index contributed by atoms with van der Waals surface area (Å²) in [5.41, 5.74) is 6.41. The zero-order valence-electron chi connectivity index (χ0n) is 4.79. The van der Waals surface area contributed by atoms with E-state index in [1.807, 2.05) is 0 Å². The van der Waals surface area contributed by atoms with Gasteiger partial charge in [0.2, 0.25) is 0 Å². The molecule has 1 aromatic rings. The molecule has 4 heteroatoms. The summed E-state index contributed by atoms with van der Waals surface area (Å²) in [5, 5.41) is 6.17. The number of hydrogen-bond acceptors (Lipinski definition) is 3. The summed E-state index contributed by atoms with van der Waals surface area (Å²) in [6, 6.07) is 0. The molecule has 0 aliphatic heterocycles. The third kappa shape index (κ3) is 0.972. The van der Waals surface area contributed by atoms with Crippen molar-refractivity contribution in [3.05, 3.63) is 17.5 Å². The minimum Gasteiger partial charge on any atom is -0.326 e. The van der Waals surface area contributed by atoms with Gasteiger partial charge < -0.3 is 5.73 Å². The first-order valence-electron chi connectivity index (χ1n) is 2.56. The largest absolute Gasteiger partial charge is 0.326 e. The van der Waals surface area contributed by atoms with E-state index in [9.17, 15) is 4.79 Å². The lowest BCUT2D eigenvalue weighted by Crippen LogP contribution is -1.97. The summed E-state index contributed by atoms with van der Waals surface area (Å²) in [6.07, 6.45) is 2.29.